The Hall–Kier alpha value is -2.82. The van der Waals surface area contributed by atoms with Gasteiger partial charge in [0, 0.05) is 7.05 Å². The number of amides is 1. The van der Waals surface area contributed by atoms with E-state index >= 15 is 0 Å². The largest absolute Gasteiger partial charge is 0.507 e. The number of carbonyl (C=O) groups is 2. The number of para-hydroxylation sites is 2. The predicted molar refractivity (Wildman–Crippen MR) is 72.7 cm³/mol. The van der Waals surface area contributed by atoms with Crippen molar-refractivity contribution in [3.05, 3.63) is 47.5 Å². The highest BCUT2D eigenvalue weighted by Gasteiger charge is 2.28. The van der Waals surface area contributed by atoms with Crippen LogP contribution in [0.3, 0.4) is 0 Å². The van der Waals surface area contributed by atoms with E-state index in [-0.39, 0.29) is 28.5 Å². The molecule has 1 amide bonds. The second kappa shape index (κ2) is 4.38. The number of benzene rings is 2. The molecule has 0 spiro atoms. The fraction of sp³-hybridized carbons (Fsp3) is 0.0667. The molecule has 1 N–H and O–H groups in total. The van der Waals surface area contributed by atoms with Gasteiger partial charge in [0.1, 0.15) is 5.75 Å². The van der Waals surface area contributed by atoms with Crippen LogP contribution in [0.15, 0.2) is 36.4 Å². The monoisotopic (exact) mass is 269 g/mol. The summed E-state index contributed by atoms with van der Waals surface area (Å²) >= 11 is 0. The number of hydrogen-bond donors (Lipinski definition) is 1. The molecule has 0 atom stereocenters. The van der Waals surface area contributed by atoms with E-state index < -0.39 is 0 Å². The van der Waals surface area contributed by atoms with Crippen LogP contribution >= 0.6 is 0 Å². The van der Waals surface area contributed by atoms with Crippen LogP contribution in [0.2, 0.25) is 0 Å². The van der Waals surface area contributed by atoms with E-state index in [0.29, 0.717) is 17.7 Å². The molecule has 2 aromatic rings. The third-order valence-corrected chi connectivity index (χ3v) is 3.26. The molecule has 0 saturated heterocycles. The van der Waals surface area contributed by atoms with Crippen molar-refractivity contribution in [3.8, 4) is 17.2 Å². The Balaban J connectivity index is 2.31. The van der Waals surface area contributed by atoms with Gasteiger partial charge in [-0.3, -0.25) is 9.59 Å². The van der Waals surface area contributed by atoms with Gasteiger partial charge in [0.25, 0.3) is 5.91 Å². The minimum absolute atomic E-state index is 0.0269. The van der Waals surface area contributed by atoms with Gasteiger partial charge in [-0.05, 0) is 24.3 Å². The summed E-state index contributed by atoms with van der Waals surface area (Å²) in [5.74, 6) is 0.0271. The summed E-state index contributed by atoms with van der Waals surface area (Å²) in [5.41, 5.74) is 0.814. The molecule has 0 unspecified atom stereocenters. The second-order valence-electron chi connectivity index (χ2n) is 4.43. The number of anilines is 1. The van der Waals surface area contributed by atoms with E-state index in [9.17, 15) is 14.7 Å². The standard InChI is InChI=1S/C15H11NO4/c1-16-11-4-2-3-5-13(11)20-14-9(15(16)19)6-7-12(18)10(14)8-17/h2-8,18H,1H3. The van der Waals surface area contributed by atoms with Crippen LogP contribution in [-0.2, 0) is 0 Å². The third kappa shape index (κ3) is 1.64. The lowest BCUT2D eigenvalue weighted by atomic mass is 10.1. The van der Waals surface area contributed by atoms with Gasteiger partial charge < -0.3 is 14.7 Å². The van der Waals surface area contributed by atoms with Crippen molar-refractivity contribution in [1.82, 2.24) is 0 Å². The molecule has 5 heteroatoms. The molecule has 0 aliphatic carbocycles. The minimum Gasteiger partial charge on any atom is -0.507 e. The highest BCUT2D eigenvalue weighted by Crippen LogP contribution is 2.41. The van der Waals surface area contributed by atoms with Gasteiger partial charge in [-0.25, -0.2) is 0 Å². The summed E-state index contributed by atoms with van der Waals surface area (Å²) in [6, 6.07) is 9.77. The highest BCUT2D eigenvalue weighted by atomic mass is 16.5. The topological polar surface area (TPSA) is 66.8 Å². The average molecular weight is 269 g/mol. The third-order valence-electron chi connectivity index (χ3n) is 3.26. The molecule has 0 saturated carbocycles. The SMILES string of the molecule is CN1C(=O)c2ccc(O)c(C=O)c2Oc2ccccc21. The number of fused-ring (bicyclic) bond motifs is 2. The number of phenols is 1. The van der Waals surface area contributed by atoms with Crippen molar-refractivity contribution in [2.75, 3.05) is 11.9 Å². The van der Waals surface area contributed by atoms with E-state index in [1.165, 1.54) is 17.0 Å². The Morgan fingerprint density at radius 1 is 1.20 bits per heavy atom. The first kappa shape index (κ1) is 12.2. The van der Waals surface area contributed by atoms with Gasteiger partial charge in [0.05, 0.1) is 16.8 Å². The van der Waals surface area contributed by atoms with Crippen LogP contribution in [0.4, 0.5) is 5.69 Å². The molecule has 1 aliphatic heterocycles. The number of rotatable bonds is 1. The molecule has 3 rings (SSSR count). The molecular weight excluding hydrogens is 258 g/mol. The lowest BCUT2D eigenvalue weighted by Gasteiger charge is -2.15. The van der Waals surface area contributed by atoms with Gasteiger partial charge in [-0.2, -0.15) is 0 Å². The second-order valence-corrected chi connectivity index (χ2v) is 4.43. The molecular formula is C15H11NO4. The number of nitrogens with zero attached hydrogens (tertiary/aromatic N) is 1. The smallest absolute Gasteiger partial charge is 0.261 e. The number of hydrogen-bond acceptors (Lipinski definition) is 4. The maximum atomic E-state index is 12.4. The summed E-state index contributed by atoms with van der Waals surface area (Å²) in [7, 11) is 1.63. The number of phenolic OH excluding ortho intramolecular Hbond substituents is 1. The number of aldehydes is 1. The molecule has 0 radical (unpaired) electrons. The van der Waals surface area contributed by atoms with Gasteiger partial charge >= 0.3 is 0 Å². The first-order chi connectivity index (χ1) is 9.63. The molecule has 2 aromatic carbocycles. The van der Waals surface area contributed by atoms with Crippen molar-refractivity contribution in [2.45, 2.75) is 0 Å². The first-order valence-corrected chi connectivity index (χ1v) is 5.99. The van der Waals surface area contributed by atoms with Crippen molar-refractivity contribution in [1.29, 1.82) is 0 Å². The molecule has 5 nitrogen and oxygen atoms in total. The molecule has 1 aliphatic rings. The Kier molecular flexibility index (Phi) is 2.68. The lowest BCUT2D eigenvalue weighted by Crippen LogP contribution is -2.25. The Morgan fingerprint density at radius 3 is 2.70 bits per heavy atom. The maximum Gasteiger partial charge on any atom is 0.261 e. The molecule has 0 fully saturated rings. The molecule has 1 heterocycles. The van der Waals surface area contributed by atoms with Crippen LogP contribution in [-0.4, -0.2) is 24.3 Å². The molecule has 100 valence electrons. The Labute approximate surface area is 115 Å². The van der Waals surface area contributed by atoms with E-state index in [2.05, 4.69) is 0 Å². The van der Waals surface area contributed by atoms with Crippen molar-refractivity contribution < 1.29 is 19.4 Å². The van der Waals surface area contributed by atoms with E-state index in [4.69, 9.17) is 4.74 Å². The summed E-state index contributed by atoms with van der Waals surface area (Å²) in [5, 5.41) is 9.72. The lowest BCUT2D eigenvalue weighted by molar-refractivity contribution is 0.0993. The quantitative estimate of drug-likeness (QED) is 0.808. The number of carbonyl (C=O) groups excluding carboxylic acids is 2. The van der Waals surface area contributed by atoms with Crippen molar-refractivity contribution in [2.24, 2.45) is 0 Å². The minimum atomic E-state index is -0.298. The predicted octanol–water partition coefficient (Wildman–Crippen LogP) is 2.59. The van der Waals surface area contributed by atoms with E-state index in [0.717, 1.165) is 0 Å². The number of aromatic hydroxyl groups is 1. The summed E-state index contributed by atoms with van der Waals surface area (Å²) in [6.45, 7) is 0. The van der Waals surface area contributed by atoms with Gasteiger partial charge in [-0.15, -0.1) is 0 Å². The zero-order valence-electron chi connectivity index (χ0n) is 10.7. The van der Waals surface area contributed by atoms with E-state index in [1.807, 2.05) is 0 Å². The summed E-state index contributed by atoms with van der Waals surface area (Å²) in [6.07, 6.45) is 0.482. The average Bonchev–Trinajstić information content (AvgIpc) is 2.56. The molecule has 20 heavy (non-hydrogen) atoms. The van der Waals surface area contributed by atoms with Crippen LogP contribution in [0.1, 0.15) is 20.7 Å². The summed E-state index contributed by atoms with van der Waals surface area (Å²) < 4.78 is 5.69. The van der Waals surface area contributed by atoms with E-state index in [1.54, 1.807) is 31.3 Å². The van der Waals surface area contributed by atoms with Crippen LogP contribution in [0.25, 0.3) is 0 Å². The zero-order valence-corrected chi connectivity index (χ0v) is 10.7. The highest BCUT2D eigenvalue weighted by molar-refractivity contribution is 6.11. The number of ether oxygens (including phenoxy) is 1. The Morgan fingerprint density at radius 2 is 1.95 bits per heavy atom. The Bertz CT molecular complexity index is 724. The van der Waals surface area contributed by atoms with Crippen LogP contribution in [0.5, 0.6) is 17.2 Å². The van der Waals surface area contributed by atoms with Crippen molar-refractivity contribution in [3.63, 3.8) is 0 Å². The zero-order chi connectivity index (χ0) is 14.3. The fourth-order valence-electron chi connectivity index (χ4n) is 2.20. The van der Waals surface area contributed by atoms with Gasteiger partial charge in [0.15, 0.2) is 17.8 Å². The molecule has 0 aromatic heterocycles. The van der Waals surface area contributed by atoms with Crippen LogP contribution < -0.4 is 9.64 Å². The first-order valence-electron chi connectivity index (χ1n) is 5.99. The van der Waals surface area contributed by atoms with Crippen molar-refractivity contribution >= 4 is 17.9 Å². The van der Waals surface area contributed by atoms with Gasteiger partial charge in [0.2, 0.25) is 0 Å². The fourth-order valence-corrected chi connectivity index (χ4v) is 2.20. The molecule has 0 bridgehead atoms. The van der Waals surface area contributed by atoms with Crippen LogP contribution in [0, 0.1) is 0 Å². The normalized spacial score (nSPS) is 13.1. The maximum absolute atomic E-state index is 12.4. The summed E-state index contributed by atoms with van der Waals surface area (Å²) in [4.78, 5) is 25.0. The van der Waals surface area contributed by atoms with Gasteiger partial charge in [-0.1, -0.05) is 12.1 Å².